The number of aryl methyl sites for hydroxylation is 1. The van der Waals surface area contributed by atoms with Gasteiger partial charge in [-0.2, -0.15) is 5.10 Å². The molecule has 2 aliphatic heterocycles. The zero-order valence-corrected chi connectivity index (χ0v) is 19.5. The number of halogens is 1. The minimum atomic E-state index is -1.08. The summed E-state index contributed by atoms with van der Waals surface area (Å²) >= 11 is 0. The normalized spacial score (nSPS) is 20.6. The lowest BCUT2D eigenvalue weighted by Gasteiger charge is -2.35. The third kappa shape index (κ3) is 4.94. The topological polar surface area (TPSA) is 89.7 Å². The Kier molecular flexibility index (Phi) is 6.02. The number of hydrogen-bond acceptors (Lipinski definition) is 5. The van der Waals surface area contributed by atoms with Gasteiger partial charge in [-0.1, -0.05) is 29.8 Å². The summed E-state index contributed by atoms with van der Waals surface area (Å²) in [6, 6.07) is 6.76. The maximum absolute atomic E-state index is 13.8. The summed E-state index contributed by atoms with van der Waals surface area (Å²) in [4.78, 5) is 42.1. The fourth-order valence-corrected chi connectivity index (χ4v) is 4.16. The molecule has 1 aromatic heterocycles. The summed E-state index contributed by atoms with van der Waals surface area (Å²) in [6.45, 7) is 7.77. The number of hydrogen-bond donors (Lipinski definition) is 0. The van der Waals surface area contributed by atoms with Crippen molar-refractivity contribution in [2.24, 2.45) is 0 Å². The molecule has 1 fully saturated rings. The van der Waals surface area contributed by atoms with E-state index < -0.39 is 29.6 Å². The van der Waals surface area contributed by atoms with Crippen LogP contribution >= 0.6 is 0 Å². The zero-order valence-electron chi connectivity index (χ0n) is 19.5. The van der Waals surface area contributed by atoms with E-state index in [2.05, 4.69) is 5.10 Å². The van der Waals surface area contributed by atoms with Crippen molar-refractivity contribution < 1.29 is 18.7 Å². The van der Waals surface area contributed by atoms with Crippen LogP contribution in [0.1, 0.15) is 50.2 Å². The Bertz CT molecular complexity index is 1100. The van der Waals surface area contributed by atoms with Gasteiger partial charge in [0.2, 0.25) is 5.91 Å². The molecule has 0 radical (unpaired) electrons. The number of benzene rings is 1. The molecule has 10 heteroatoms. The Hall–Kier alpha value is -3.17. The van der Waals surface area contributed by atoms with Crippen LogP contribution < -0.4 is 5.69 Å². The van der Waals surface area contributed by atoms with E-state index in [-0.39, 0.29) is 45.1 Å². The lowest BCUT2D eigenvalue weighted by molar-refractivity contribution is -0.135. The van der Waals surface area contributed by atoms with E-state index in [9.17, 15) is 18.8 Å². The largest absolute Gasteiger partial charge is 0.444 e. The smallest absolute Gasteiger partial charge is 0.410 e. The molecule has 0 bridgehead atoms. The third-order valence-electron chi connectivity index (χ3n) is 5.81. The van der Waals surface area contributed by atoms with E-state index in [1.807, 2.05) is 31.2 Å². The highest BCUT2D eigenvalue weighted by atomic mass is 19.1. The summed E-state index contributed by atoms with van der Waals surface area (Å²) in [6.07, 6.45) is -1.40. The average molecular weight is 460 g/mol. The molecule has 2 atom stereocenters. The molecule has 1 aromatic carbocycles. The van der Waals surface area contributed by atoms with Crippen LogP contribution in [0.5, 0.6) is 0 Å². The van der Waals surface area contributed by atoms with E-state index in [0.29, 0.717) is 5.82 Å². The fraction of sp³-hybridized carbons (Fsp3) is 0.565. The standard InChI is InChI=1S/C23H30FN5O4/c1-15-5-7-16(8-6-15)11-28-21(31)29-18(20(30)26-10-9-17(24)12-26)13-27(14-19(29)25-28)22(32)33-23(2,3)4/h5-8,17-18H,9-14H2,1-4H3. The van der Waals surface area contributed by atoms with Gasteiger partial charge >= 0.3 is 11.8 Å². The molecule has 9 nitrogen and oxygen atoms in total. The van der Waals surface area contributed by atoms with Gasteiger partial charge < -0.3 is 9.64 Å². The van der Waals surface area contributed by atoms with Crippen molar-refractivity contribution in [2.45, 2.75) is 65.0 Å². The molecule has 2 aromatic rings. The number of carbonyl (C=O) groups excluding carboxylic acids is 2. The highest BCUT2D eigenvalue weighted by Crippen LogP contribution is 2.25. The van der Waals surface area contributed by atoms with Crippen molar-refractivity contribution in [2.75, 3.05) is 19.6 Å². The van der Waals surface area contributed by atoms with Crippen LogP contribution in [0.25, 0.3) is 0 Å². The van der Waals surface area contributed by atoms with Crippen LogP contribution in [0.3, 0.4) is 0 Å². The molecule has 2 unspecified atom stereocenters. The lowest BCUT2D eigenvalue weighted by Crippen LogP contribution is -2.51. The summed E-state index contributed by atoms with van der Waals surface area (Å²) < 4.78 is 21.9. The minimum absolute atomic E-state index is 0.0106. The second-order valence-electron chi connectivity index (χ2n) is 9.76. The molecular formula is C23H30FN5O4. The monoisotopic (exact) mass is 459 g/mol. The van der Waals surface area contributed by atoms with Gasteiger partial charge in [-0.3, -0.25) is 14.3 Å². The van der Waals surface area contributed by atoms with Gasteiger partial charge in [0.05, 0.1) is 26.2 Å². The molecule has 1 saturated heterocycles. The number of rotatable bonds is 3. The highest BCUT2D eigenvalue weighted by Gasteiger charge is 2.40. The molecular weight excluding hydrogens is 429 g/mol. The molecule has 2 amide bonds. The van der Waals surface area contributed by atoms with Crippen molar-refractivity contribution in [3.05, 3.63) is 51.7 Å². The number of fused-ring (bicyclic) bond motifs is 1. The van der Waals surface area contributed by atoms with E-state index in [4.69, 9.17) is 4.74 Å². The number of carbonyl (C=O) groups is 2. The first-order chi connectivity index (χ1) is 15.5. The van der Waals surface area contributed by atoms with Gasteiger partial charge in [-0.05, 0) is 39.7 Å². The number of ether oxygens (including phenoxy) is 1. The molecule has 4 rings (SSSR count). The second kappa shape index (κ2) is 8.64. The first kappa shape index (κ1) is 23.0. The van der Waals surface area contributed by atoms with Gasteiger partial charge in [-0.25, -0.2) is 18.7 Å². The average Bonchev–Trinajstić information content (AvgIpc) is 3.31. The quantitative estimate of drug-likeness (QED) is 0.703. The Labute approximate surface area is 191 Å². The SMILES string of the molecule is Cc1ccc(Cn2nc3n(c2=O)C(C(=O)N2CCC(F)C2)CN(C(=O)OC(C)(C)C)C3)cc1. The molecule has 0 aliphatic carbocycles. The van der Waals surface area contributed by atoms with Crippen LogP contribution in [0.2, 0.25) is 0 Å². The molecule has 3 heterocycles. The lowest BCUT2D eigenvalue weighted by atomic mass is 10.1. The number of alkyl halides is 1. The predicted octanol–water partition coefficient (Wildman–Crippen LogP) is 2.26. The summed E-state index contributed by atoms with van der Waals surface area (Å²) in [5.74, 6) is -0.0831. The van der Waals surface area contributed by atoms with Gasteiger partial charge in [0.15, 0.2) is 5.82 Å². The van der Waals surface area contributed by atoms with Crippen LogP contribution in [0.4, 0.5) is 9.18 Å². The van der Waals surface area contributed by atoms with Gasteiger partial charge in [0, 0.05) is 6.54 Å². The van der Waals surface area contributed by atoms with Gasteiger partial charge in [-0.15, -0.1) is 0 Å². The maximum atomic E-state index is 13.8. The van der Waals surface area contributed by atoms with Crippen LogP contribution in [0.15, 0.2) is 29.1 Å². The molecule has 33 heavy (non-hydrogen) atoms. The third-order valence-corrected chi connectivity index (χ3v) is 5.81. The summed E-state index contributed by atoms with van der Waals surface area (Å²) in [5.41, 5.74) is 0.855. The fourth-order valence-electron chi connectivity index (χ4n) is 4.16. The first-order valence-electron chi connectivity index (χ1n) is 11.2. The molecule has 0 spiro atoms. The Morgan fingerprint density at radius 3 is 2.45 bits per heavy atom. The van der Waals surface area contributed by atoms with Crippen LogP contribution in [-0.2, 0) is 22.6 Å². The van der Waals surface area contributed by atoms with Crippen molar-refractivity contribution in [1.29, 1.82) is 0 Å². The van der Waals surface area contributed by atoms with Gasteiger partial charge in [0.1, 0.15) is 17.8 Å². The highest BCUT2D eigenvalue weighted by molar-refractivity contribution is 5.82. The molecule has 178 valence electrons. The zero-order chi connectivity index (χ0) is 23.9. The Balaban J connectivity index is 1.67. The van der Waals surface area contributed by atoms with E-state index in [1.165, 1.54) is 19.0 Å². The molecule has 0 saturated carbocycles. The van der Waals surface area contributed by atoms with E-state index in [0.717, 1.165) is 11.1 Å². The number of nitrogens with zero attached hydrogens (tertiary/aromatic N) is 5. The van der Waals surface area contributed by atoms with Crippen molar-refractivity contribution in [3.8, 4) is 0 Å². The van der Waals surface area contributed by atoms with Crippen molar-refractivity contribution >= 4 is 12.0 Å². The van der Waals surface area contributed by atoms with Crippen molar-refractivity contribution in [1.82, 2.24) is 24.1 Å². The van der Waals surface area contributed by atoms with E-state index in [1.54, 1.807) is 20.8 Å². The van der Waals surface area contributed by atoms with Crippen LogP contribution in [0, 0.1) is 6.92 Å². The number of likely N-dealkylation sites (tertiary alicyclic amines) is 1. The van der Waals surface area contributed by atoms with Gasteiger partial charge in [0.25, 0.3) is 0 Å². The van der Waals surface area contributed by atoms with Crippen molar-refractivity contribution in [3.63, 3.8) is 0 Å². The molecule has 2 aliphatic rings. The molecule has 0 N–H and O–H groups in total. The minimum Gasteiger partial charge on any atom is -0.444 e. The summed E-state index contributed by atoms with van der Waals surface area (Å²) in [7, 11) is 0. The first-order valence-corrected chi connectivity index (χ1v) is 11.2. The number of aromatic nitrogens is 3. The van der Waals surface area contributed by atoms with E-state index >= 15 is 0 Å². The van der Waals surface area contributed by atoms with Crippen LogP contribution in [-0.4, -0.2) is 67.6 Å². The number of amides is 2. The Morgan fingerprint density at radius 1 is 1.15 bits per heavy atom. The second-order valence-corrected chi connectivity index (χ2v) is 9.76. The predicted molar refractivity (Wildman–Crippen MR) is 119 cm³/mol. The summed E-state index contributed by atoms with van der Waals surface area (Å²) in [5, 5.41) is 4.44. The maximum Gasteiger partial charge on any atom is 0.410 e. The Morgan fingerprint density at radius 2 is 1.85 bits per heavy atom.